The molecular formula is C14H23N5O2. The number of piperidine rings is 1. The lowest BCUT2D eigenvalue weighted by atomic mass is 10.0. The first-order chi connectivity index (χ1) is 10.3. The molecule has 0 saturated carbocycles. The van der Waals surface area contributed by atoms with Crippen LogP contribution in [0.1, 0.15) is 26.7 Å². The number of ether oxygens (including phenoxy) is 2. The Morgan fingerprint density at radius 1 is 1.19 bits per heavy atom. The fourth-order valence-electron chi connectivity index (χ4n) is 2.95. The van der Waals surface area contributed by atoms with Crippen molar-refractivity contribution in [1.29, 1.82) is 0 Å². The summed E-state index contributed by atoms with van der Waals surface area (Å²) in [6, 6.07) is 0. The summed E-state index contributed by atoms with van der Waals surface area (Å²) in [6.45, 7) is 9.14. The molecule has 2 aliphatic rings. The SMILES string of the molecule is CCN(CC)c1cnnc(N2CCC3(CC2)OCCO3)n1. The van der Waals surface area contributed by atoms with E-state index in [4.69, 9.17) is 9.47 Å². The predicted octanol–water partition coefficient (Wildman–Crippen LogP) is 1.06. The molecule has 21 heavy (non-hydrogen) atoms. The summed E-state index contributed by atoms with van der Waals surface area (Å²) in [7, 11) is 0. The van der Waals surface area contributed by atoms with Gasteiger partial charge in [-0.1, -0.05) is 0 Å². The van der Waals surface area contributed by atoms with Crippen molar-refractivity contribution in [2.24, 2.45) is 0 Å². The number of hydrogen-bond acceptors (Lipinski definition) is 7. The lowest BCUT2D eigenvalue weighted by molar-refractivity contribution is -0.169. The zero-order valence-electron chi connectivity index (χ0n) is 12.8. The molecule has 0 aromatic carbocycles. The van der Waals surface area contributed by atoms with Gasteiger partial charge in [-0.15, -0.1) is 5.10 Å². The molecule has 7 nitrogen and oxygen atoms in total. The minimum Gasteiger partial charge on any atom is -0.356 e. The molecule has 2 saturated heterocycles. The molecule has 0 aliphatic carbocycles. The number of aromatic nitrogens is 3. The average Bonchev–Trinajstić information content (AvgIpc) is 2.98. The molecule has 2 fully saturated rings. The Bertz CT molecular complexity index is 464. The first kappa shape index (κ1) is 14.5. The van der Waals surface area contributed by atoms with E-state index >= 15 is 0 Å². The summed E-state index contributed by atoms with van der Waals surface area (Å²) < 4.78 is 11.5. The van der Waals surface area contributed by atoms with E-state index in [1.165, 1.54) is 0 Å². The quantitative estimate of drug-likeness (QED) is 0.822. The van der Waals surface area contributed by atoms with Gasteiger partial charge in [0.25, 0.3) is 0 Å². The highest BCUT2D eigenvalue weighted by Gasteiger charge is 2.40. The standard InChI is InChI=1S/C14H23N5O2/c1-3-18(4-2)12-11-15-17-13(16-12)19-7-5-14(6-8-19)20-9-10-21-14/h11H,3-10H2,1-2H3. The smallest absolute Gasteiger partial charge is 0.247 e. The van der Waals surface area contributed by atoms with Crippen molar-refractivity contribution < 1.29 is 9.47 Å². The second kappa shape index (κ2) is 6.11. The van der Waals surface area contributed by atoms with Gasteiger partial charge >= 0.3 is 0 Å². The minimum atomic E-state index is -0.361. The summed E-state index contributed by atoms with van der Waals surface area (Å²) in [5.74, 6) is 1.23. The Kier molecular flexibility index (Phi) is 4.21. The predicted molar refractivity (Wildman–Crippen MR) is 79.5 cm³/mol. The van der Waals surface area contributed by atoms with Crippen LogP contribution < -0.4 is 9.80 Å². The van der Waals surface area contributed by atoms with Crippen LogP contribution in [0.4, 0.5) is 11.8 Å². The third-order valence-corrected chi connectivity index (χ3v) is 4.24. The Morgan fingerprint density at radius 2 is 1.86 bits per heavy atom. The highest BCUT2D eigenvalue weighted by molar-refractivity contribution is 5.41. The van der Waals surface area contributed by atoms with E-state index in [1.807, 2.05) is 0 Å². The minimum absolute atomic E-state index is 0.361. The number of hydrogen-bond donors (Lipinski definition) is 0. The van der Waals surface area contributed by atoms with Crippen LogP contribution in [0.2, 0.25) is 0 Å². The molecule has 0 atom stereocenters. The summed E-state index contributed by atoms with van der Waals surface area (Å²) in [4.78, 5) is 8.99. The third kappa shape index (κ3) is 2.94. The van der Waals surface area contributed by atoms with Crippen LogP contribution in [0, 0.1) is 0 Å². The van der Waals surface area contributed by atoms with Crippen molar-refractivity contribution in [1.82, 2.24) is 15.2 Å². The monoisotopic (exact) mass is 293 g/mol. The van der Waals surface area contributed by atoms with Gasteiger partial charge in [-0.2, -0.15) is 10.1 Å². The first-order valence-corrected chi connectivity index (χ1v) is 7.74. The van der Waals surface area contributed by atoms with E-state index in [0.29, 0.717) is 19.2 Å². The van der Waals surface area contributed by atoms with Crippen molar-refractivity contribution in [3.63, 3.8) is 0 Å². The van der Waals surface area contributed by atoms with Crippen LogP contribution in [0.3, 0.4) is 0 Å². The van der Waals surface area contributed by atoms with Crippen molar-refractivity contribution in [3.05, 3.63) is 6.20 Å². The van der Waals surface area contributed by atoms with Crippen LogP contribution in [0.15, 0.2) is 6.20 Å². The van der Waals surface area contributed by atoms with E-state index in [2.05, 4.69) is 38.8 Å². The van der Waals surface area contributed by atoms with Crippen LogP contribution in [-0.4, -0.2) is 60.4 Å². The number of nitrogens with zero attached hydrogens (tertiary/aromatic N) is 5. The van der Waals surface area contributed by atoms with E-state index in [9.17, 15) is 0 Å². The van der Waals surface area contributed by atoms with Crippen LogP contribution >= 0.6 is 0 Å². The molecule has 1 spiro atoms. The van der Waals surface area contributed by atoms with Gasteiger partial charge in [-0.05, 0) is 13.8 Å². The Labute approximate surface area is 125 Å². The lowest BCUT2D eigenvalue weighted by Gasteiger charge is -2.37. The summed E-state index contributed by atoms with van der Waals surface area (Å²) >= 11 is 0. The molecule has 1 aromatic rings. The summed E-state index contributed by atoms with van der Waals surface area (Å²) in [6.07, 6.45) is 3.43. The second-order valence-electron chi connectivity index (χ2n) is 5.38. The van der Waals surface area contributed by atoms with Crippen molar-refractivity contribution in [3.8, 4) is 0 Å². The zero-order valence-corrected chi connectivity index (χ0v) is 12.8. The van der Waals surface area contributed by atoms with Gasteiger partial charge in [-0.3, -0.25) is 0 Å². The maximum absolute atomic E-state index is 5.75. The molecule has 0 radical (unpaired) electrons. The normalized spacial score (nSPS) is 21.0. The maximum atomic E-state index is 5.75. The molecule has 0 bridgehead atoms. The molecular weight excluding hydrogens is 270 g/mol. The fraction of sp³-hybridized carbons (Fsp3) is 0.786. The first-order valence-electron chi connectivity index (χ1n) is 7.74. The van der Waals surface area contributed by atoms with Crippen molar-refractivity contribution >= 4 is 11.8 Å². The van der Waals surface area contributed by atoms with Crippen LogP contribution in [0.25, 0.3) is 0 Å². The van der Waals surface area contributed by atoms with Gasteiger partial charge in [0.05, 0.1) is 19.4 Å². The molecule has 3 heterocycles. The number of anilines is 2. The van der Waals surface area contributed by atoms with Gasteiger partial charge in [0.1, 0.15) is 0 Å². The Morgan fingerprint density at radius 3 is 2.48 bits per heavy atom. The van der Waals surface area contributed by atoms with Gasteiger partial charge in [0, 0.05) is 39.0 Å². The highest BCUT2D eigenvalue weighted by Crippen LogP contribution is 2.32. The average molecular weight is 293 g/mol. The van der Waals surface area contributed by atoms with E-state index < -0.39 is 0 Å². The highest BCUT2D eigenvalue weighted by atomic mass is 16.7. The molecule has 1 aromatic heterocycles. The van der Waals surface area contributed by atoms with Gasteiger partial charge in [0.2, 0.25) is 5.95 Å². The van der Waals surface area contributed by atoms with Crippen LogP contribution in [0.5, 0.6) is 0 Å². The van der Waals surface area contributed by atoms with Gasteiger partial charge < -0.3 is 19.3 Å². The molecule has 7 heteroatoms. The largest absolute Gasteiger partial charge is 0.356 e. The van der Waals surface area contributed by atoms with Crippen LogP contribution in [-0.2, 0) is 9.47 Å². The topological polar surface area (TPSA) is 63.6 Å². The Balaban J connectivity index is 1.69. The van der Waals surface area contributed by atoms with Gasteiger partial charge in [0.15, 0.2) is 11.6 Å². The van der Waals surface area contributed by atoms with E-state index in [-0.39, 0.29) is 5.79 Å². The lowest BCUT2D eigenvalue weighted by Crippen LogP contribution is -2.45. The fourth-order valence-corrected chi connectivity index (χ4v) is 2.95. The maximum Gasteiger partial charge on any atom is 0.247 e. The Hall–Kier alpha value is -1.47. The zero-order chi connectivity index (χ0) is 14.7. The van der Waals surface area contributed by atoms with Crippen molar-refractivity contribution in [2.45, 2.75) is 32.5 Å². The second-order valence-corrected chi connectivity index (χ2v) is 5.38. The summed E-state index contributed by atoms with van der Waals surface area (Å²) in [5.41, 5.74) is 0. The van der Waals surface area contributed by atoms with E-state index in [0.717, 1.165) is 44.8 Å². The molecule has 0 amide bonds. The third-order valence-electron chi connectivity index (χ3n) is 4.24. The van der Waals surface area contributed by atoms with E-state index in [1.54, 1.807) is 6.20 Å². The van der Waals surface area contributed by atoms with Crippen molar-refractivity contribution in [2.75, 3.05) is 49.2 Å². The van der Waals surface area contributed by atoms with Gasteiger partial charge in [-0.25, -0.2) is 0 Å². The molecule has 0 N–H and O–H groups in total. The molecule has 116 valence electrons. The summed E-state index contributed by atoms with van der Waals surface area (Å²) in [5, 5.41) is 8.29. The molecule has 3 rings (SSSR count). The molecule has 2 aliphatic heterocycles. The molecule has 0 unspecified atom stereocenters. The number of rotatable bonds is 4.